The van der Waals surface area contributed by atoms with E-state index in [2.05, 4.69) is 227 Å². The highest BCUT2D eigenvalue weighted by molar-refractivity contribution is 6.12. The van der Waals surface area contributed by atoms with Gasteiger partial charge in [0.1, 0.15) is 0 Å². The molecule has 5 nitrogen and oxygen atoms in total. The predicted octanol–water partition coefficient (Wildman–Crippen LogP) is 18.2. The van der Waals surface area contributed by atoms with Gasteiger partial charge in [0.05, 0.1) is 27.8 Å². The summed E-state index contributed by atoms with van der Waals surface area (Å²) in [6, 6.07) is 75.0. The summed E-state index contributed by atoms with van der Waals surface area (Å²) in [4.78, 5) is 15.9. The van der Waals surface area contributed by atoms with Crippen molar-refractivity contribution >= 4 is 43.6 Å². The van der Waals surface area contributed by atoms with Gasteiger partial charge in [0.25, 0.3) is 0 Å². The minimum Gasteiger partial charge on any atom is -0.309 e. The molecule has 3 aromatic heterocycles. The maximum absolute atomic E-state index is 5.37. The van der Waals surface area contributed by atoms with E-state index < -0.39 is 0 Å². The highest BCUT2D eigenvalue weighted by atomic mass is 15.0. The summed E-state index contributed by atoms with van der Waals surface area (Å²) in [5.41, 5.74) is 25.4. The molecule has 360 valence electrons. The molecule has 0 fully saturated rings. The molecule has 0 aliphatic rings. The average Bonchev–Trinajstić information content (AvgIpc) is 3.93. The monoisotopic (exact) mass is 965 g/mol. The molecule has 75 heavy (non-hydrogen) atoms. The van der Waals surface area contributed by atoms with Crippen LogP contribution in [0.1, 0.15) is 38.9 Å². The van der Waals surface area contributed by atoms with Crippen LogP contribution in [0.5, 0.6) is 0 Å². The lowest BCUT2D eigenvalue weighted by atomic mass is 9.93. The van der Waals surface area contributed by atoms with Gasteiger partial charge in [-0.05, 0) is 165 Å². The Bertz CT molecular complexity index is 4320. The lowest BCUT2D eigenvalue weighted by molar-refractivity contribution is 1.07. The van der Waals surface area contributed by atoms with Crippen LogP contribution in [0.4, 0.5) is 0 Å². The van der Waals surface area contributed by atoms with Crippen LogP contribution in [0.2, 0.25) is 0 Å². The number of nitrogens with zero attached hydrogens (tertiary/aromatic N) is 5. The van der Waals surface area contributed by atoms with Crippen LogP contribution in [0.25, 0.3) is 123 Å². The third-order valence-electron chi connectivity index (χ3n) is 15.2. The van der Waals surface area contributed by atoms with Gasteiger partial charge in [-0.3, -0.25) is 0 Å². The van der Waals surface area contributed by atoms with Gasteiger partial charge < -0.3 is 9.13 Å². The predicted molar refractivity (Wildman–Crippen MR) is 314 cm³/mol. The molecule has 5 heteroatoms. The second-order valence-electron chi connectivity index (χ2n) is 20.5. The van der Waals surface area contributed by atoms with Crippen LogP contribution >= 0.6 is 0 Å². The van der Waals surface area contributed by atoms with E-state index in [0.717, 1.165) is 66.8 Å². The summed E-state index contributed by atoms with van der Waals surface area (Å²) in [5.74, 6) is 1.84. The van der Waals surface area contributed by atoms with Gasteiger partial charge in [0, 0.05) is 49.5 Å². The van der Waals surface area contributed by atoms with Crippen molar-refractivity contribution in [2.24, 2.45) is 0 Å². The molecule has 0 aliphatic heterocycles. The highest BCUT2D eigenvalue weighted by Gasteiger charge is 2.24. The number of aromatic nitrogens is 5. The van der Waals surface area contributed by atoms with Crippen molar-refractivity contribution in [2.75, 3.05) is 0 Å². The second-order valence-corrected chi connectivity index (χ2v) is 20.5. The largest absolute Gasteiger partial charge is 0.309 e. The molecule has 0 amide bonds. The van der Waals surface area contributed by atoms with Crippen molar-refractivity contribution in [3.05, 3.63) is 245 Å². The van der Waals surface area contributed by atoms with E-state index in [4.69, 9.17) is 15.0 Å². The van der Waals surface area contributed by atoms with E-state index in [1.807, 2.05) is 36.4 Å². The van der Waals surface area contributed by atoms with Crippen LogP contribution < -0.4 is 0 Å². The van der Waals surface area contributed by atoms with Crippen LogP contribution in [0.3, 0.4) is 0 Å². The van der Waals surface area contributed by atoms with Gasteiger partial charge in [-0.1, -0.05) is 156 Å². The van der Waals surface area contributed by atoms with E-state index >= 15 is 0 Å². The first-order valence-electron chi connectivity index (χ1n) is 25.9. The lowest BCUT2D eigenvalue weighted by Gasteiger charge is -2.20. The molecule has 0 N–H and O–H groups in total. The normalized spacial score (nSPS) is 11.7. The molecule has 0 saturated carbocycles. The molecule has 13 rings (SSSR count). The van der Waals surface area contributed by atoms with Crippen molar-refractivity contribution in [3.63, 3.8) is 0 Å². The summed E-state index contributed by atoms with van der Waals surface area (Å²) in [6.07, 6.45) is 0. The fourth-order valence-corrected chi connectivity index (χ4v) is 12.1. The Balaban J connectivity index is 1.09. The van der Waals surface area contributed by atoms with Gasteiger partial charge in [0.2, 0.25) is 0 Å². The third kappa shape index (κ3) is 7.82. The second kappa shape index (κ2) is 18.1. The van der Waals surface area contributed by atoms with Gasteiger partial charge >= 0.3 is 0 Å². The zero-order valence-electron chi connectivity index (χ0n) is 43.4. The maximum Gasteiger partial charge on any atom is 0.164 e. The molecule has 10 aromatic carbocycles. The Morgan fingerprint density at radius 1 is 0.280 bits per heavy atom. The minimum absolute atomic E-state index is 0.600. The molecular weight excluding hydrogens is 911 g/mol. The first kappa shape index (κ1) is 45.7. The van der Waals surface area contributed by atoms with Crippen molar-refractivity contribution < 1.29 is 0 Å². The van der Waals surface area contributed by atoms with Crippen molar-refractivity contribution in [1.82, 2.24) is 24.1 Å². The molecule has 0 spiro atoms. The molecule has 3 heterocycles. The van der Waals surface area contributed by atoms with Crippen LogP contribution in [0.15, 0.2) is 206 Å². The number of aryl methyl sites for hydroxylation is 7. The van der Waals surface area contributed by atoms with Crippen molar-refractivity contribution in [2.45, 2.75) is 48.5 Å². The van der Waals surface area contributed by atoms with E-state index in [1.54, 1.807) is 0 Å². The van der Waals surface area contributed by atoms with E-state index in [9.17, 15) is 0 Å². The Hall–Kier alpha value is -9.19. The van der Waals surface area contributed by atoms with Gasteiger partial charge in [-0.25, -0.2) is 15.0 Å². The summed E-state index contributed by atoms with van der Waals surface area (Å²) < 4.78 is 4.89. The standard InChI is InChI=1S/C70H55N5/c1-42-26-31-64(75-62-25-17-15-23-55(62)60-40-52(28-33-65(60)75)67-47(6)36-44(3)37-48(67)7)58(38-42)57-41-53(29-30-56(57)70-72-68(49-18-10-8-11-19-49)71-69(73-70)50-20-12-9-13-21-50)74-61-24-16-14-22-54(61)59-39-51(27-32-63(59)74)66-45(4)34-43(2)35-46(66)5/h8-41H,1-7H3. The number of hydrogen-bond donors (Lipinski definition) is 0. The fourth-order valence-electron chi connectivity index (χ4n) is 12.1. The van der Waals surface area contributed by atoms with Gasteiger partial charge in [0.15, 0.2) is 17.5 Å². The topological polar surface area (TPSA) is 48.5 Å². The summed E-state index contributed by atoms with van der Waals surface area (Å²) in [5, 5.41) is 4.83. The maximum atomic E-state index is 5.37. The molecule has 0 bridgehead atoms. The zero-order valence-corrected chi connectivity index (χ0v) is 43.4. The Kier molecular flexibility index (Phi) is 11.0. The number of rotatable bonds is 8. The molecule has 0 unspecified atom stereocenters. The lowest BCUT2D eigenvalue weighted by Crippen LogP contribution is -2.04. The molecule has 0 saturated heterocycles. The Morgan fingerprint density at radius 2 is 0.733 bits per heavy atom. The SMILES string of the molecule is Cc1cc(C)c(-c2ccc3c(c2)c2ccccc2n3-c2ccc(-c3nc(-c4ccccc4)nc(-c4ccccc4)n3)c(-c3cc(C)ccc3-n3c4ccccc4c4cc(-c5c(C)cc(C)cc5C)ccc43)c2)c(C)c1. The van der Waals surface area contributed by atoms with Crippen LogP contribution in [-0.2, 0) is 0 Å². The molecule has 0 radical (unpaired) electrons. The number of fused-ring (bicyclic) bond motifs is 6. The van der Waals surface area contributed by atoms with Crippen LogP contribution in [-0.4, -0.2) is 24.1 Å². The number of para-hydroxylation sites is 2. The highest BCUT2D eigenvalue weighted by Crippen LogP contribution is 2.44. The van der Waals surface area contributed by atoms with E-state index in [0.29, 0.717) is 17.5 Å². The minimum atomic E-state index is 0.600. The number of hydrogen-bond acceptors (Lipinski definition) is 3. The molecule has 0 aliphatic carbocycles. The molecule has 0 atom stereocenters. The summed E-state index contributed by atoms with van der Waals surface area (Å²) in [7, 11) is 0. The van der Waals surface area contributed by atoms with E-state index in [-0.39, 0.29) is 0 Å². The Labute approximate surface area is 438 Å². The molecular formula is C70H55N5. The summed E-state index contributed by atoms with van der Waals surface area (Å²) >= 11 is 0. The first-order chi connectivity index (χ1) is 36.6. The van der Waals surface area contributed by atoms with Gasteiger partial charge in [-0.2, -0.15) is 0 Å². The number of benzene rings is 10. The van der Waals surface area contributed by atoms with Gasteiger partial charge in [-0.15, -0.1) is 0 Å². The smallest absolute Gasteiger partial charge is 0.164 e. The zero-order chi connectivity index (χ0) is 51.1. The fraction of sp³-hybridized carbons (Fsp3) is 0.100. The van der Waals surface area contributed by atoms with Crippen molar-refractivity contribution in [1.29, 1.82) is 0 Å². The van der Waals surface area contributed by atoms with E-state index in [1.165, 1.54) is 77.2 Å². The summed E-state index contributed by atoms with van der Waals surface area (Å²) in [6.45, 7) is 15.5. The average molecular weight is 966 g/mol. The third-order valence-corrected chi connectivity index (χ3v) is 15.2. The Morgan fingerprint density at radius 3 is 1.27 bits per heavy atom. The first-order valence-corrected chi connectivity index (χ1v) is 25.9. The van der Waals surface area contributed by atoms with Crippen LogP contribution in [0, 0.1) is 48.5 Å². The quantitative estimate of drug-likeness (QED) is 0.152. The molecule has 13 aromatic rings. The van der Waals surface area contributed by atoms with Crippen molar-refractivity contribution in [3.8, 4) is 78.9 Å².